The number of anilines is 1. The van der Waals surface area contributed by atoms with Crippen molar-refractivity contribution in [3.8, 4) is 6.07 Å². The van der Waals surface area contributed by atoms with Crippen LogP contribution >= 0.6 is 11.3 Å². The molecule has 64 valence electrons. The summed E-state index contributed by atoms with van der Waals surface area (Å²) in [6, 6.07) is 2.19. The summed E-state index contributed by atoms with van der Waals surface area (Å²) in [5.41, 5.74) is 5.94. The molecule has 0 fully saturated rings. The summed E-state index contributed by atoms with van der Waals surface area (Å²) in [6.45, 7) is 5.53. The maximum atomic E-state index is 8.82. The smallest absolute Gasteiger partial charge is 0.115 e. The van der Waals surface area contributed by atoms with E-state index in [0.29, 0.717) is 5.00 Å². The van der Waals surface area contributed by atoms with E-state index >= 15 is 0 Å². The van der Waals surface area contributed by atoms with Crippen molar-refractivity contribution in [2.45, 2.75) is 26.2 Å². The lowest BCUT2D eigenvalue weighted by Gasteiger charge is -2.09. The van der Waals surface area contributed by atoms with Crippen molar-refractivity contribution in [1.82, 2.24) is 4.98 Å². The van der Waals surface area contributed by atoms with Gasteiger partial charge < -0.3 is 5.73 Å². The summed E-state index contributed by atoms with van der Waals surface area (Å²) in [5, 5.41) is 10.3. The zero-order chi connectivity index (χ0) is 9.35. The molecule has 0 aliphatic rings. The molecular formula is C8H11N3S. The molecule has 0 spiro atoms. The maximum Gasteiger partial charge on any atom is 0.115 e. The van der Waals surface area contributed by atoms with Crippen molar-refractivity contribution in [3.05, 3.63) is 10.7 Å². The Morgan fingerprint density at radius 2 is 2.17 bits per heavy atom. The molecule has 0 aliphatic heterocycles. The van der Waals surface area contributed by atoms with Crippen molar-refractivity contribution in [1.29, 1.82) is 5.26 Å². The van der Waals surface area contributed by atoms with Gasteiger partial charge in [0, 0.05) is 0 Å². The van der Waals surface area contributed by atoms with Crippen LogP contribution in [0.5, 0.6) is 0 Å². The lowest BCUT2D eigenvalue weighted by molar-refractivity contribution is 0.678. The van der Waals surface area contributed by atoms with E-state index in [1.807, 2.05) is 20.8 Å². The normalized spacial score (nSPS) is 11.2. The third-order valence-corrected chi connectivity index (χ3v) is 2.96. The number of rotatable bonds is 1. The van der Waals surface area contributed by atoms with Gasteiger partial charge in [0.1, 0.15) is 15.4 Å². The van der Waals surface area contributed by atoms with Crippen LogP contribution in [0.2, 0.25) is 0 Å². The predicted octanol–water partition coefficient (Wildman–Crippen LogP) is 1.83. The lowest BCUT2D eigenvalue weighted by Crippen LogP contribution is -2.13. The van der Waals surface area contributed by atoms with Crippen LogP contribution in [0.1, 0.15) is 24.5 Å². The fourth-order valence-electron chi connectivity index (χ4n) is 0.723. The fraction of sp³-hybridized carbons (Fsp3) is 0.500. The quantitative estimate of drug-likeness (QED) is 0.719. The average Bonchev–Trinajstić information content (AvgIpc) is 2.33. The monoisotopic (exact) mass is 181 g/mol. The molecule has 12 heavy (non-hydrogen) atoms. The van der Waals surface area contributed by atoms with E-state index in [-0.39, 0.29) is 0 Å². The van der Waals surface area contributed by atoms with Gasteiger partial charge in [-0.05, 0) is 20.8 Å². The van der Waals surface area contributed by atoms with Crippen LogP contribution < -0.4 is 5.73 Å². The minimum absolute atomic E-state index is 0.521. The predicted molar refractivity (Wildman–Crippen MR) is 49.9 cm³/mol. The molecule has 2 N–H and O–H groups in total. The van der Waals surface area contributed by atoms with Crippen LogP contribution in [-0.4, -0.2) is 4.98 Å². The second-order valence-electron chi connectivity index (χ2n) is 3.21. The Labute approximate surface area is 75.8 Å². The summed E-state index contributed by atoms with van der Waals surface area (Å²) in [7, 11) is 0. The van der Waals surface area contributed by atoms with Gasteiger partial charge in [0.2, 0.25) is 0 Å². The van der Waals surface area contributed by atoms with Gasteiger partial charge in [0.05, 0.1) is 11.8 Å². The van der Waals surface area contributed by atoms with E-state index in [1.165, 1.54) is 11.3 Å². The van der Waals surface area contributed by atoms with Crippen LogP contribution in [0, 0.1) is 18.3 Å². The van der Waals surface area contributed by atoms with Crippen molar-refractivity contribution in [2.24, 2.45) is 0 Å². The molecule has 0 saturated heterocycles. The molecule has 0 saturated carbocycles. The van der Waals surface area contributed by atoms with Crippen LogP contribution in [0.4, 0.5) is 5.00 Å². The van der Waals surface area contributed by atoms with Crippen LogP contribution in [0.3, 0.4) is 0 Å². The van der Waals surface area contributed by atoms with Gasteiger partial charge in [-0.2, -0.15) is 5.26 Å². The largest absolute Gasteiger partial charge is 0.389 e. The number of nitriles is 1. The summed E-state index contributed by atoms with van der Waals surface area (Å²) in [5.74, 6) is 0. The standard InChI is InChI=1S/C8H11N3S/c1-5-6(10)12-7(11-5)8(2,3)4-9/h10H2,1-3H3. The molecule has 4 heteroatoms. The van der Waals surface area contributed by atoms with Crippen molar-refractivity contribution in [2.75, 3.05) is 5.73 Å². The Morgan fingerprint density at radius 3 is 2.50 bits per heavy atom. The highest BCUT2D eigenvalue weighted by molar-refractivity contribution is 7.15. The number of aromatic nitrogens is 1. The Bertz CT molecular complexity index is 313. The Kier molecular flexibility index (Phi) is 2.07. The highest BCUT2D eigenvalue weighted by Crippen LogP contribution is 2.30. The van der Waals surface area contributed by atoms with E-state index in [9.17, 15) is 0 Å². The summed E-state index contributed by atoms with van der Waals surface area (Å²) in [4.78, 5) is 4.22. The molecule has 0 radical (unpaired) electrons. The first-order chi connectivity index (χ1) is 5.47. The fourth-order valence-corrected chi connectivity index (χ4v) is 1.61. The Hall–Kier alpha value is -1.08. The topological polar surface area (TPSA) is 62.7 Å². The van der Waals surface area contributed by atoms with E-state index in [2.05, 4.69) is 11.1 Å². The number of hydrogen-bond donors (Lipinski definition) is 1. The second-order valence-corrected chi connectivity index (χ2v) is 4.24. The number of aryl methyl sites for hydroxylation is 1. The Morgan fingerprint density at radius 1 is 1.58 bits per heavy atom. The number of nitrogens with zero attached hydrogens (tertiary/aromatic N) is 2. The van der Waals surface area contributed by atoms with Crippen molar-refractivity contribution in [3.63, 3.8) is 0 Å². The van der Waals surface area contributed by atoms with E-state index in [0.717, 1.165) is 10.7 Å². The number of nitrogen functional groups attached to an aromatic ring is 1. The van der Waals surface area contributed by atoms with E-state index in [1.54, 1.807) is 0 Å². The molecule has 1 aromatic heterocycles. The zero-order valence-corrected chi connectivity index (χ0v) is 8.20. The number of hydrogen-bond acceptors (Lipinski definition) is 4. The number of nitrogens with two attached hydrogens (primary N) is 1. The summed E-state index contributed by atoms with van der Waals surface area (Å²) in [6.07, 6.45) is 0. The van der Waals surface area contributed by atoms with Gasteiger partial charge in [0.25, 0.3) is 0 Å². The SMILES string of the molecule is Cc1nc(C(C)(C)C#N)sc1N. The molecule has 1 rings (SSSR count). The first kappa shape index (κ1) is 9.01. The minimum Gasteiger partial charge on any atom is -0.389 e. The van der Waals surface area contributed by atoms with E-state index < -0.39 is 5.41 Å². The molecule has 0 aliphatic carbocycles. The lowest BCUT2D eigenvalue weighted by atomic mass is 9.97. The van der Waals surface area contributed by atoms with Crippen molar-refractivity contribution < 1.29 is 0 Å². The zero-order valence-electron chi connectivity index (χ0n) is 7.38. The maximum absolute atomic E-state index is 8.82. The molecule has 0 unspecified atom stereocenters. The van der Waals surface area contributed by atoms with Gasteiger partial charge >= 0.3 is 0 Å². The minimum atomic E-state index is -0.521. The molecule has 1 aromatic rings. The first-order valence-corrected chi connectivity index (χ1v) is 4.43. The first-order valence-electron chi connectivity index (χ1n) is 3.62. The van der Waals surface area contributed by atoms with Crippen LogP contribution in [0.25, 0.3) is 0 Å². The second kappa shape index (κ2) is 2.76. The van der Waals surface area contributed by atoms with Gasteiger partial charge in [-0.1, -0.05) is 11.3 Å². The molecule has 0 aromatic carbocycles. The molecule has 0 bridgehead atoms. The molecule has 3 nitrogen and oxygen atoms in total. The van der Waals surface area contributed by atoms with Gasteiger partial charge in [0.15, 0.2) is 0 Å². The van der Waals surface area contributed by atoms with Gasteiger partial charge in [-0.15, -0.1) is 0 Å². The van der Waals surface area contributed by atoms with Gasteiger partial charge in [-0.25, -0.2) is 4.98 Å². The van der Waals surface area contributed by atoms with Crippen molar-refractivity contribution >= 4 is 16.3 Å². The molecule has 1 heterocycles. The molecule has 0 atom stereocenters. The molecule has 0 amide bonds. The van der Waals surface area contributed by atoms with Crippen LogP contribution in [0.15, 0.2) is 0 Å². The van der Waals surface area contributed by atoms with E-state index in [4.69, 9.17) is 11.0 Å². The average molecular weight is 181 g/mol. The highest BCUT2D eigenvalue weighted by atomic mass is 32.1. The summed E-state index contributed by atoms with van der Waals surface area (Å²) < 4.78 is 0. The summed E-state index contributed by atoms with van der Waals surface area (Å²) >= 11 is 1.39. The highest BCUT2D eigenvalue weighted by Gasteiger charge is 2.24. The Balaban J connectivity index is 3.14. The third-order valence-electron chi connectivity index (χ3n) is 1.65. The van der Waals surface area contributed by atoms with Crippen LogP contribution in [-0.2, 0) is 5.41 Å². The molecular weight excluding hydrogens is 170 g/mol. The third kappa shape index (κ3) is 1.41. The number of thiazole rings is 1. The van der Waals surface area contributed by atoms with Gasteiger partial charge in [-0.3, -0.25) is 0 Å².